The predicted octanol–water partition coefficient (Wildman–Crippen LogP) is 1.06. The second-order valence-corrected chi connectivity index (χ2v) is 5.84. The fourth-order valence-corrected chi connectivity index (χ4v) is 2.72. The van der Waals surface area contributed by atoms with E-state index < -0.39 is 5.91 Å². The van der Waals surface area contributed by atoms with E-state index in [4.69, 9.17) is 33.7 Å². The van der Waals surface area contributed by atoms with Gasteiger partial charge in [-0.3, -0.25) is 9.59 Å². The smallest absolute Gasteiger partial charge is 0.248 e. The van der Waals surface area contributed by atoms with Crippen LogP contribution in [0.2, 0.25) is 5.02 Å². The van der Waals surface area contributed by atoms with Crippen molar-refractivity contribution in [1.29, 1.82) is 0 Å². The van der Waals surface area contributed by atoms with Gasteiger partial charge in [-0.25, -0.2) is 0 Å². The Bertz CT molecular complexity index is 539. The molecular weight excluding hydrogens is 329 g/mol. The Labute approximate surface area is 138 Å². The number of carbonyl (C=O) groups is 2. The Hall–Kier alpha value is -1.50. The van der Waals surface area contributed by atoms with Crippen LogP contribution in [0.5, 0.6) is 0 Å². The minimum atomic E-state index is -0.601. The van der Waals surface area contributed by atoms with Crippen LogP contribution in [0.3, 0.4) is 0 Å². The molecule has 1 aromatic carbocycles. The number of halogens is 2. The quantitative estimate of drug-likeness (QED) is 0.639. The largest absolute Gasteiger partial charge is 0.368 e. The van der Waals surface area contributed by atoms with Crippen LogP contribution >= 0.6 is 23.2 Å². The van der Waals surface area contributed by atoms with Gasteiger partial charge in [-0.15, -0.1) is 0 Å². The van der Waals surface area contributed by atoms with Crippen molar-refractivity contribution in [3.05, 3.63) is 29.3 Å². The molecule has 1 heterocycles. The highest BCUT2D eigenvalue weighted by Gasteiger charge is 2.28. The maximum atomic E-state index is 12.0. The van der Waals surface area contributed by atoms with Crippen LogP contribution in [0.15, 0.2) is 24.3 Å². The molecule has 0 radical (unpaired) electrons. The van der Waals surface area contributed by atoms with Crippen LogP contribution in [0.4, 0.5) is 5.69 Å². The molecule has 0 aromatic heterocycles. The van der Waals surface area contributed by atoms with Crippen molar-refractivity contribution in [2.24, 2.45) is 5.73 Å². The predicted molar refractivity (Wildman–Crippen MR) is 85.0 cm³/mol. The Balaban J connectivity index is 1.88. The van der Waals surface area contributed by atoms with Gasteiger partial charge in [-0.05, 0) is 24.3 Å². The Kier molecular flexibility index (Phi) is 5.88. The molecule has 0 spiro atoms. The number of piperazine rings is 1. The molecule has 0 aliphatic carbocycles. The number of primary amides is 1. The minimum absolute atomic E-state index is 0.173. The van der Waals surface area contributed by atoms with E-state index in [-0.39, 0.29) is 24.6 Å². The second-order valence-electron chi connectivity index (χ2n) is 4.90. The Morgan fingerprint density at radius 1 is 1.23 bits per heavy atom. The number of hydrogen-bond donors (Lipinski definition) is 1. The van der Waals surface area contributed by atoms with Gasteiger partial charge in [-0.2, -0.15) is 0 Å². The molecule has 1 aliphatic heterocycles. The van der Waals surface area contributed by atoms with Crippen LogP contribution < -0.4 is 10.6 Å². The summed E-state index contributed by atoms with van der Waals surface area (Å²) in [4.78, 5) is 26.2. The normalized spacial score (nSPS) is 18.4. The van der Waals surface area contributed by atoms with Gasteiger partial charge in [0.25, 0.3) is 0 Å². The summed E-state index contributed by atoms with van der Waals surface area (Å²) in [5.41, 5.74) is 5.57. The molecule has 8 heteroatoms. The fourth-order valence-electron chi connectivity index (χ4n) is 2.22. The van der Waals surface area contributed by atoms with Crippen molar-refractivity contribution in [3.63, 3.8) is 0 Å². The first-order valence-corrected chi connectivity index (χ1v) is 7.59. The number of alkyl halides is 1. The lowest BCUT2D eigenvalue weighted by Gasteiger charge is -2.39. The van der Waals surface area contributed by atoms with Gasteiger partial charge >= 0.3 is 0 Å². The minimum Gasteiger partial charge on any atom is -0.368 e. The van der Waals surface area contributed by atoms with Gasteiger partial charge in [0.2, 0.25) is 11.8 Å². The summed E-state index contributed by atoms with van der Waals surface area (Å²) >= 11 is 12.2. The molecule has 1 aromatic rings. The molecule has 22 heavy (non-hydrogen) atoms. The molecule has 6 nitrogen and oxygen atoms in total. The molecule has 1 atom stereocenters. The average molecular weight is 346 g/mol. The molecule has 2 N–H and O–H groups in total. The first kappa shape index (κ1) is 16.9. The number of hydrogen-bond acceptors (Lipinski definition) is 4. The second kappa shape index (κ2) is 7.67. The maximum Gasteiger partial charge on any atom is 0.248 e. The van der Waals surface area contributed by atoms with Crippen LogP contribution in [0.1, 0.15) is 0 Å². The van der Waals surface area contributed by atoms with E-state index >= 15 is 0 Å². The first-order valence-electron chi connectivity index (χ1n) is 6.77. The molecule has 1 aliphatic rings. The zero-order valence-electron chi connectivity index (χ0n) is 11.9. The third-order valence-electron chi connectivity index (χ3n) is 3.30. The van der Waals surface area contributed by atoms with Gasteiger partial charge in [-0.1, -0.05) is 23.2 Å². The lowest BCUT2D eigenvalue weighted by atomic mass is 10.2. The summed E-state index contributed by atoms with van der Waals surface area (Å²) in [6, 6.07) is 7.39. The van der Waals surface area contributed by atoms with Crippen LogP contribution in [-0.2, 0) is 14.3 Å². The lowest BCUT2D eigenvalue weighted by Crippen LogP contribution is -2.53. The molecule has 0 bridgehead atoms. The molecule has 120 valence electrons. The SMILES string of the molecule is NC(=O)COCC(=O)N1CCN(c2ccc(Cl)cc2)C(Cl)C1. The van der Waals surface area contributed by atoms with E-state index in [9.17, 15) is 9.59 Å². The summed E-state index contributed by atoms with van der Waals surface area (Å²) < 4.78 is 4.93. The highest BCUT2D eigenvalue weighted by atomic mass is 35.5. The third-order valence-corrected chi connectivity index (χ3v) is 3.93. The van der Waals surface area contributed by atoms with E-state index in [0.29, 0.717) is 24.7 Å². The summed E-state index contributed by atoms with van der Waals surface area (Å²) in [6.45, 7) is 1.08. The third kappa shape index (κ3) is 4.50. The molecular formula is C14H17Cl2N3O3. The first-order chi connectivity index (χ1) is 10.5. The number of amides is 2. The van der Waals surface area contributed by atoms with E-state index in [1.807, 2.05) is 17.0 Å². The molecule has 2 amide bonds. The fraction of sp³-hybridized carbons (Fsp3) is 0.429. The van der Waals surface area contributed by atoms with Crippen LogP contribution in [0.25, 0.3) is 0 Å². The van der Waals surface area contributed by atoms with Gasteiger partial charge < -0.3 is 20.3 Å². The zero-order valence-corrected chi connectivity index (χ0v) is 13.4. The average Bonchev–Trinajstić information content (AvgIpc) is 2.48. The maximum absolute atomic E-state index is 12.0. The molecule has 1 unspecified atom stereocenters. The van der Waals surface area contributed by atoms with Gasteiger partial charge in [0, 0.05) is 23.8 Å². The van der Waals surface area contributed by atoms with Crippen LogP contribution in [0, 0.1) is 0 Å². The number of carbonyl (C=O) groups excluding carboxylic acids is 2. The Morgan fingerprint density at radius 3 is 2.50 bits per heavy atom. The van der Waals surface area contributed by atoms with Crippen molar-refractivity contribution in [3.8, 4) is 0 Å². The van der Waals surface area contributed by atoms with E-state index in [0.717, 1.165) is 5.69 Å². The molecule has 1 fully saturated rings. The van der Waals surface area contributed by atoms with Crippen molar-refractivity contribution in [1.82, 2.24) is 4.90 Å². The van der Waals surface area contributed by atoms with Gasteiger partial charge in [0.1, 0.15) is 18.7 Å². The molecule has 0 saturated carbocycles. The number of nitrogens with two attached hydrogens (primary N) is 1. The summed E-state index contributed by atoms with van der Waals surface area (Å²) in [6.07, 6.45) is 0. The van der Waals surface area contributed by atoms with Gasteiger partial charge in [0.15, 0.2) is 0 Å². The summed E-state index contributed by atoms with van der Waals surface area (Å²) in [5.74, 6) is -0.807. The summed E-state index contributed by atoms with van der Waals surface area (Å²) in [7, 11) is 0. The van der Waals surface area contributed by atoms with Crippen molar-refractivity contribution in [2.75, 3.05) is 37.7 Å². The topological polar surface area (TPSA) is 75.9 Å². The number of nitrogens with zero attached hydrogens (tertiary/aromatic N) is 2. The molecule has 1 saturated heterocycles. The van der Waals surface area contributed by atoms with Crippen molar-refractivity contribution in [2.45, 2.75) is 5.50 Å². The van der Waals surface area contributed by atoms with Crippen molar-refractivity contribution >= 4 is 40.7 Å². The van der Waals surface area contributed by atoms with E-state index in [1.54, 1.807) is 17.0 Å². The highest BCUT2D eigenvalue weighted by molar-refractivity contribution is 6.30. The lowest BCUT2D eigenvalue weighted by molar-refractivity contribution is -0.138. The number of anilines is 1. The van der Waals surface area contributed by atoms with Crippen LogP contribution in [-0.4, -0.2) is 55.1 Å². The zero-order chi connectivity index (χ0) is 16.1. The summed E-state index contributed by atoms with van der Waals surface area (Å²) in [5, 5.41) is 0.662. The number of rotatable bonds is 5. The highest BCUT2D eigenvalue weighted by Crippen LogP contribution is 2.24. The molecule has 2 rings (SSSR count). The van der Waals surface area contributed by atoms with E-state index in [2.05, 4.69) is 0 Å². The van der Waals surface area contributed by atoms with E-state index in [1.165, 1.54) is 0 Å². The standard InChI is InChI=1S/C14H17Cl2N3O3/c15-10-1-3-11(4-2-10)19-6-5-18(7-12(19)16)14(21)9-22-8-13(17)20/h1-4,12H,5-9H2,(H2,17,20). The van der Waals surface area contributed by atoms with Gasteiger partial charge in [0.05, 0.1) is 6.54 Å². The monoisotopic (exact) mass is 345 g/mol. The van der Waals surface area contributed by atoms with Crippen molar-refractivity contribution < 1.29 is 14.3 Å². The Morgan fingerprint density at radius 2 is 1.91 bits per heavy atom. The number of ether oxygens (including phenoxy) is 1. The number of benzene rings is 1.